The van der Waals surface area contributed by atoms with Crippen molar-refractivity contribution in [2.24, 2.45) is 0 Å². The van der Waals surface area contributed by atoms with Gasteiger partial charge in [0, 0.05) is 29.9 Å². The zero-order valence-corrected chi connectivity index (χ0v) is 21.0. The standard InChI is InChI=1S/C27H28ClN3O2S/c1-30(2)14-13-27(11-12-27)19-6-3-5-18(15-19)16-31-17-21-20(26(31)33)7-4-8-22(21)29-25(32)23-9-10-24(28)34-23/h3-10,15H,11-14,16-17H2,1-2H3,(H,29,32). The largest absolute Gasteiger partial charge is 0.330 e. The molecule has 3 aromatic rings. The molecular weight excluding hydrogens is 466 g/mol. The first-order chi connectivity index (χ1) is 16.3. The molecule has 176 valence electrons. The minimum Gasteiger partial charge on any atom is -0.330 e. The molecule has 0 unspecified atom stereocenters. The van der Waals surface area contributed by atoms with Gasteiger partial charge in [0.2, 0.25) is 0 Å². The van der Waals surface area contributed by atoms with Gasteiger partial charge in [-0.25, -0.2) is 0 Å². The van der Waals surface area contributed by atoms with E-state index >= 15 is 0 Å². The minimum absolute atomic E-state index is 0.00409. The zero-order valence-electron chi connectivity index (χ0n) is 19.4. The van der Waals surface area contributed by atoms with E-state index in [-0.39, 0.29) is 11.8 Å². The van der Waals surface area contributed by atoms with E-state index in [9.17, 15) is 9.59 Å². The fourth-order valence-electron chi connectivity index (χ4n) is 4.75. The highest BCUT2D eigenvalue weighted by Crippen LogP contribution is 2.51. The number of carbonyl (C=O) groups is 2. The Morgan fingerprint density at radius 3 is 2.65 bits per heavy atom. The first-order valence-electron chi connectivity index (χ1n) is 11.6. The fraction of sp³-hybridized carbons (Fsp3) is 0.333. The zero-order chi connectivity index (χ0) is 23.9. The molecule has 1 saturated carbocycles. The SMILES string of the molecule is CN(C)CCC1(c2cccc(CN3Cc4c(NC(=O)c5ccc(Cl)s5)cccc4C3=O)c2)CC1. The summed E-state index contributed by atoms with van der Waals surface area (Å²) in [5.74, 6) is -0.208. The lowest BCUT2D eigenvalue weighted by molar-refractivity contribution is 0.0766. The smallest absolute Gasteiger partial charge is 0.265 e. The number of hydrogen-bond acceptors (Lipinski definition) is 4. The lowest BCUT2D eigenvalue weighted by Gasteiger charge is -2.21. The lowest BCUT2D eigenvalue weighted by Crippen LogP contribution is -2.23. The Morgan fingerprint density at radius 2 is 1.94 bits per heavy atom. The highest BCUT2D eigenvalue weighted by Gasteiger charge is 2.43. The molecule has 5 rings (SSSR count). The number of carbonyl (C=O) groups excluding carboxylic acids is 2. The van der Waals surface area contributed by atoms with Gasteiger partial charge in [-0.05, 0) is 80.7 Å². The minimum atomic E-state index is -0.212. The molecule has 1 aliphatic heterocycles. The molecular formula is C27H28ClN3O2S. The van der Waals surface area contributed by atoms with Gasteiger partial charge in [-0.2, -0.15) is 0 Å². The first kappa shape index (κ1) is 23.1. The van der Waals surface area contributed by atoms with Gasteiger partial charge in [0.1, 0.15) is 0 Å². The number of nitrogens with one attached hydrogen (secondary N) is 1. The molecule has 0 bridgehead atoms. The number of nitrogens with zero attached hydrogens (tertiary/aromatic N) is 2. The molecule has 0 atom stereocenters. The van der Waals surface area contributed by atoms with Gasteiger partial charge in [0.25, 0.3) is 11.8 Å². The van der Waals surface area contributed by atoms with Crippen LogP contribution in [-0.2, 0) is 18.5 Å². The van der Waals surface area contributed by atoms with Crippen LogP contribution in [0.25, 0.3) is 0 Å². The quantitative estimate of drug-likeness (QED) is 0.432. The van der Waals surface area contributed by atoms with Crippen LogP contribution in [0.5, 0.6) is 0 Å². The topological polar surface area (TPSA) is 52.6 Å². The second-order valence-corrected chi connectivity index (χ2v) is 11.3. The first-order valence-corrected chi connectivity index (χ1v) is 12.8. The Bertz CT molecular complexity index is 1250. The van der Waals surface area contributed by atoms with E-state index in [2.05, 4.69) is 48.6 Å². The highest BCUT2D eigenvalue weighted by molar-refractivity contribution is 7.18. The summed E-state index contributed by atoms with van der Waals surface area (Å²) in [5.41, 5.74) is 5.02. The number of anilines is 1. The van der Waals surface area contributed by atoms with Crippen molar-refractivity contribution in [2.75, 3.05) is 26.0 Å². The van der Waals surface area contributed by atoms with Crippen LogP contribution in [0.2, 0.25) is 4.34 Å². The van der Waals surface area contributed by atoms with Crippen LogP contribution in [0, 0.1) is 0 Å². The maximum atomic E-state index is 13.2. The van der Waals surface area contributed by atoms with Crippen LogP contribution in [-0.4, -0.2) is 42.3 Å². The Balaban J connectivity index is 1.31. The summed E-state index contributed by atoms with van der Waals surface area (Å²) >= 11 is 7.21. The summed E-state index contributed by atoms with van der Waals surface area (Å²) in [6, 6.07) is 17.7. The van der Waals surface area contributed by atoms with E-state index in [0.29, 0.717) is 39.0 Å². The molecule has 7 heteroatoms. The van der Waals surface area contributed by atoms with E-state index in [0.717, 1.165) is 24.1 Å². The average Bonchev–Trinajstić information content (AvgIpc) is 3.39. The summed E-state index contributed by atoms with van der Waals surface area (Å²) in [6.45, 7) is 2.11. The Hall–Kier alpha value is -2.67. The van der Waals surface area contributed by atoms with Crippen LogP contribution < -0.4 is 5.32 Å². The Labute approximate surface area is 209 Å². The van der Waals surface area contributed by atoms with Crippen molar-refractivity contribution in [3.05, 3.63) is 86.1 Å². The molecule has 0 radical (unpaired) electrons. The van der Waals surface area contributed by atoms with Crippen molar-refractivity contribution in [2.45, 2.75) is 37.8 Å². The molecule has 1 aromatic heterocycles. The van der Waals surface area contributed by atoms with Crippen LogP contribution in [0.3, 0.4) is 0 Å². The van der Waals surface area contributed by atoms with Crippen molar-refractivity contribution in [3.8, 4) is 0 Å². The van der Waals surface area contributed by atoms with Crippen LogP contribution >= 0.6 is 22.9 Å². The molecule has 1 fully saturated rings. The number of hydrogen-bond donors (Lipinski definition) is 1. The summed E-state index contributed by atoms with van der Waals surface area (Å²) in [4.78, 5) is 30.5. The van der Waals surface area contributed by atoms with Crippen LogP contribution in [0.15, 0.2) is 54.6 Å². The summed E-state index contributed by atoms with van der Waals surface area (Å²) in [6.07, 6.45) is 3.63. The summed E-state index contributed by atoms with van der Waals surface area (Å²) in [7, 11) is 4.24. The molecule has 2 heterocycles. The molecule has 0 spiro atoms. The predicted molar refractivity (Wildman–Crippen MR) is 138 cm³/mol. The third-order valence-corrected chi connectivity index (χ3v) is 8.12. The summed E-state index contributed by atoms with van der Waals surface area (Å²) < 4.78 is 0.571. The van der Waals surface area contributed by atoms with Crippen molar-refractivity contribution in [3.63, 3.8) is 0 Å². The van der Waals surface area contributed by atoms with Gasteiger partial charge in [-0.3, -0.25) is 9.59 Å². The molecule has 2 aliphatic rings. The molecule has 1 N–H and O–H groups in total. The number of fused-ring (bicyclic) bond motifs is 1. The molecule has 5 nitrogen and oxygen atoms in total. The third-order valence-electron chi connectivity index (χ3n) is 6.89. The number of thiophene rings is 1. The number of benzene rings is 2. The van der Waals surface area contributed by atoms with E-state index in [4.69, 9.17) is 11.6 Å². The van der Waals surface area contributed by atoms with E-state index in [1.165, 1.54) is 29.7 Å². The van der Waals surface area contributed by atoms with E-state index < -0.39 is 0 Å². The molecule has 2 amide bonds. The van der Waals surface area contributed by atoms with Crippen LogP contribution in [0.4, 0.5) is 5.69 Å². The van der Waals surface area contributed by atoms with Crippen molar-refractivity contribution in [1.82, 2.24) is 9.80 Å². The monoisotopic (exact) mass is 493 g/mol. The summed E-state index contributed by atoms with van der Waals surface area (Å²) in [5, 5.41) is 2.97. The number of halogens is 1. The predicted octanol–water partition coefficient (Wildman–Crippen LogP) is 5.79. The third kappa shape index (κ3) is 4.63. The number of rotatable bonds is 8. The lowest BCUT2D eigenvalue weighted by atomic mass is 9.91. The number of amides is 2. The normalized spacial score (nSPS) is 16.1. The fourth-order valence-corrected chi connectivity index (χ4v) is 5.69. The Kier molecular flexibility index (Phi) is 6.23. The van der Waals surface area contributed by atoms with Crippen molar-refractivity contribution in [1.29, 1.82) is 0 Å². The molecule has 34 heavy (non-hydrogen) atoms. The van der Waals surface area contributed by atoms with Gasteiger partial charge in [-0.15, -0.1) is 11.3 Å². The van der Waals surface area contributed by atoms with Gasteiger partial charge in [0.15, 0.2) is 0 Å². The van der Waals surface area contributed by atoms with Crippen LogP contribution in [0.1, 0.15) is 56.0 Å². The second kappa shape index (κ2) is 9.17. The molecule has 0 saturated heterocycles. The highest BCUT2D eigenvalue weighted by atomic mass is 35.5. The van der Waals surface area contributed by atoms with Gasteiger partial charge >= 0.3 is 0 Å². The second-order valence-electron chi connectivity index (χ2n) is 9.58. The van der Waals surface area contributed by atoms with E-state index in [1.807, 2.05) is 23.1 Å². The van der Waals surface area contributed by atoms with Gasteiger partial charge in [0.05, 0.1) is 9.21 Å². The molecule has 1 aliphatic carbocycles. The Morgan fingerprint density at radius 1 is 1.15 bits per heavy atom. The van der Waals surface area contributed by atoms with E-state index in [1.54, 1.807) is 12.1 Å². The van der Waals surface area contributed by atoms with Crippen molar-refractivity contribution >= 4 is 40.4 Å². The maximum Gasteiger partial charge on any atom is 0.265 e. The molecule has 2 aromatic carbocycles. The van der Waals surface area contributed by atoms with Gasteiger partial charge < -0.3 is 15.1 Å². The van der Waals surface area contributed by atoms with Crippen molar-refractivity contribution < 1.29 is 9.59 Å². The van der Waals surface area contributed by atoms with Gasteiger partial charge in [-0.1, -0.05) is 41.9 Å². The maximum absolute atomic E-state index is 13.2. The average molecular weight is 494 g/mol.